The van der Waals surface area contributed by atoms with Crippen LogP contribution in [0, 0.1) is 0 Å². The normalized spacial score (nSPS) is 12.4. The van der Waals surface area contributed by atoms with Crippen LogP contribution in [0.3, 0.4) is 0 Å². The quantitative estimate of drug-likeness (QED) is 0.162. The van der Waals surface area contributed by atoms with Gasteiger partial charge in [-0.3, -0.25) is 0 Å². The molecule has 0 fully saturated rings. The first-order chi connectivity index (χ1) is 30.4. The van der Waals surface area contributed by atoms with Crippen LogP contribution < -0.4 is 4.90 Å². The summed E-state index contributed by atoms with van der Waals surface area (Å²) in [5.74, 6) is 0. The molecular formula is C56H37NO. The van der Waals surface area contributed by atoms with Crippen LogP contribution in [-0.2, 0) is 0 Å². The molecule has 2 heteroatoms. The van der Waals surface area contributed by atoms with Gasteiger partial charge in [-0.25, -0.2) is 0 Å². The number of para-hydroxylation sites is 2. The SMILES string of the molecule is [2H]c1c([2H])c(N(c2ccc(-c3ccccc3)cc2)c2ccccc2-c2cc3ccccc3c3oc4ccccc4c23)c([2H])c([2H])c1-c1cccc(-c2cccc3ccccc23)c1. The largest absolute Gasteiger partial charge is 0.455 e. The summed E-state index contributed by atoms with van der Waals surface area (Å²) in [6.45, 7) is 0. The Labute approximate surface area is 343 Å². The van der Waals surface area contributed by atoms with E-state index >= 15 is 0 Å². The first-order valence-corrected chi connectivity index (χ1v) is 19.5. The Balaban J connectivity index is 1.14. The molecule has 0 spiro atoms. The zero-order chi connectivity index (χ0) is 41.9. The number of hydrogen-bond donors (Lipinski definition) is 0. The second-order valence-corrected chi connectivity index (χ2v) is 14.5. The average Bonchev–Trinajstić information content (AvgIpc) is 3.73. The van der Waals surface area contributed by atoms with E-state index in [4.69, 9.17) is 4.42 Å². The van der Waals surface area contributed by atoms with E-state index in [1.54, 1.807) is 0 Å². The van der Waals surface area contributed by atoms with Gasteiger partial charge in [0.05, 0.1) is 11.2 Å². The minimum absolute atomic E-state index is 0.117. The van der Waals surface area contributed by atoms with E-state index in [1.807, 2.05) is 138 Å². The number of hydrogen-bond acceptors (Lipinski definition) is 2. The maximum absolute atomic E-state index is 9.80. The lowest BCUT2D eigenvalue weighted by Gasteiger charge is -2.28. The van der Waals surface area contributed by atoms with Crippen molar-refractivity contribution in [3.05, 3.63) is 224 Å². The van der Waals surface area contributed by atoms with Gasteiger partial charge in [0.2, 0.25) is 0 Å². The number of furan rings is 1. The van der Waals surface area contributed by atoms with Crippen molar-refractivity contribution in [1.82, 2.24) is 0 Å². The van der Waals surface area contributed by atoms with E-state index in [-0.39, 0.29) is 35.4 Å². The van der Waals surface area contributed by atoms with Crippen LogP contribution >= 0.6 is 0 Å². The third-order valence-corrected chi connectivity index (χ3v) is 11.1. The number of benzene rings is 10. The lowest BCUT2D eigenvalue weighted by atomic mass is 9.93. The van der Waals surface area contributed by atoms with Crippen molar-refractivity contribution in [1.29, 1.82) is 0 Å². The summed E-state index contributed by atoms with van der Waals surface area (Å²) < 4.78 is 45.5. The first-order valence-electron chi connectivity index (χ1n) is 21.5. The summed E-state index contributed by atoms with van der Waals surface area (Å²) in [5.41, 5.74) is 9.82. The van der Waals surface area contributed by atoms with Crippen molar-refractivity contribution >= 4 is 60.5 Å². The van der Waals surface area contributed by atoms with Crippen molar-refractivity contribution in [2.45, 2.75) is 0 Å². The first kappa shape index (κ1) is 29.6. The van der Waals surface area contributed by atoms with E-state index in [1.165, 1.54) is 0 Å². The van der Waals surface area contributed by atoms with E-state index in [9.17, 15) is 5.48 Å². The Kier molecular flexibility index (Phi) is 7.20. The molecule has 272 valence electrons. The maximum atomic E-state index is 9.80. The third-order valence-electron chi connectivity index (χ3n) is 11.1. The highest BCUT2D eigenvalue weighted by atomic mass is 16.3. The van der Waals surface area contributed by atoms with Crippen LogP contribution in [0.2, 0.25) is 0 Å². The topological polar surface area (TPSA) is 16.4 Å². The molecule has 2 nitrogen and oxygen atoms in total. The lowest BCUT2D eigenvalue weighted by molar-refractivity contribution is 0.673. The van der Waals surface area contributed by atoms with Crippen molar-refractivity contribution in [3.8, 4) is 44.5 Å². The van der Waals surface area contributed by atoms with Crippen molar-refractivity contribution in [2.24, 2.45) is 0 Å². The lowest BCUT2D eigenvalue weighted by Crippen LogP contribution is -2.11. The van der Waals surface area contributed by atoms with Crippen LogP contribution in [0.4, 0.5) is 17.1 Å². The predicted octanol–water partition coefficient (Wildman–Crippen LogP) is 16.0. The Bertz CT molecular complexity index is 3490. The fourth-order valence-electron chi connectivity index (χ4n) is 8.37. The van der Waals surface area contributed by atoms with Crippen LogP contribution in [0.15, 0.2) is 229 Å². The summed E-state index contributed by atoms with van der Waals surface area (Å²) in [4.78, 5) is 1.89. The molecule has 0 bridgehead atoms. The molecule has 0 atom stereocenters. The second kappa shape index (κ2) is 14.1. The maximum Gasteiger partial charge on any atom is 0.143 e. The zero-order valence-electron chi connectivity index (χ0n) is 35.4. The summed E-state index contributed by atoms with van der Waals surface area (Å²) in [6, 6.07) is 66.4. The molecule has 0 unspecified atom stereocenters. The van der Waals surface area contributed by atoms with Gasteiger partial charge < -0.3 is 9.32 Å². The van der Waals surface area contributed by atoms with E-state index in [2.05, 4.69) is 66.7 Å². The molecule has 0 aliphatic rings. The van der Waals surface area contributed by atoms with Crippen LogP contribution in [0.1, 0.15) is 5.48 Å². The summed E-state index contributed by atoms with van der Waals surface area (Å²) in [6.07, 6.45) is 0. The van der Waals surface area contributed by atoms with Crippen LogP contribution in [-0.4, -0.2) is 0 Å². The Hall–Kier alpha value is -7.68. The highest BCUT2D eigenvalue weighted by Gasteiger charge is 2.22. The van der Waals surface area contributed by atoms with Gasteiger partial charge in [-0.05, 0) is 104 Å². The van der Waals surface area contributed by atoms with Crippen molar-refractivity contribution in [3.63, 3.8) is 0 Å². The molecule has 1 heterocycles. The molecule has 0 aliphatic carbocycles. The smallest absolute Gasteiger partial charge is 0.143 e. The summed E-state index contributed by atoms with van der Waals surface area (Å²) in [5, 5.41) is 6.19. The molecule has 0 N–H and O–H groups in total. The van der Waals surface area contributed by atoms with Gasteiger partial charge in [-0.1, -0.05) is 176 Å². The predicted molar refractivity (Wildman–Crippen MR) is 245 cm³/mol. The van der Waals surface area contributed by atoms with Gasteiger partial charge in [0.1, 0.15) is 11.2 Å². The van der Waals surface area contributed by atoms with Gasteiger partial charge in [-0.15, -0.1) is 0 Å². The Morgan fingerprint density at radius 1 is 0.362 bits per heavy atom. The highest BCUT2D eigenvalue weighted by Crippen LogP contribution is 2.47. The summed E-state index contributed by atoms with van der Waals surface area (Å²) >= 11 is 0. The standard InChI is InChI=1S/C56H37NO/c1-2-14-38(15-3-1)39-28-32-45(33-29-39)57(46-34-30-40(31-35-46)42-19-12-20-43(36-42)48-25-13-18-41-16-4-6-21-47(41)48)53-26-10-8-23-50(53)52-37-44-17-5-7-22-49(44)56-55(52)51-24-9-11-27-54(51)58-56/h1-37H/i30D,31D,34D,35D. The third kappa shape index (κ3) is 5.82. The number of rotatable bonds is 7. The molecule has 11 rings (SSSR count). The Morgan fingerprint density at radius 2 is 0.966 bits per heavy atom. The van der Waals surface area contributed by atoms with Gasteiger partial charge in [0.25, 0.3) is 0 Å². The molecule has 0 saturated carbocycles. The Morgan fingerprint density at radius 3 is 1.81 bits per heavy atom. The zero-order valence-corrected chi connectivity index (χ0v) is 31.4. The van der Waals surface area contributed by atoms with E-state index in [0.29, 0.717) is 16.9 Å². The van der Waals surface area contributed by atoms with E-state index in [0.717, 1.165) is 76.9 Å². The van der Waals surface area contributed by atoms with Gasteiger partial charge >= 0.3 is 0 Å². The van der Waals surface area contributed by atoms with Gasteiger partial charge in [0.15, 0.2) is 0 Å². The molecule has 58 heavy (non-hydrogen) atoms. The van der Waals surface area contributed by atoms with Gasteiger partial charge in [-0.2, -0.15) is 0 Å². The number of nitrogens with zero attached hydrogens (tertiary/aromatic N) is 1. The molecule has 10 aromatic carbocycles. The monoisotopic (exact) mass is 743 g/mol. The molecule has 0 radical (unpaired) electrons. The minimum Gasteiger partial charge on any atom is -0.455 e. The molecule has 11 aromatic rings. The fraction of sp³-hybridized carbons (Fsp3) is 0. The average molecular weight is 744 g/mol. The van der Waals surface area contributed by atoms with Crippen molar-refractivity contribution < 1.29 is 9.90 Å². The van der Waals surface area contributed by atoms with Crippen LogP contribution in [0.25, 0.3) is 88.0 Å². The molecular weight excluding hydrogens is 703 g/mol. The number of anilines is 3. The van der Waals surface area contributed by atoms with Gasteiger partial charge in [0, 0.05) is 33.1 Å². The molecule has 0 saturated heterocycles. The van der Waals surface area contributed by atoms with Crippen LogP contribution in [0.5, 0.6) is 0 Å². The van der Waals surface area contributed by atoms with Crippen molar-refractivity contribution in [2.75, 3.05) is 4.90 Å². The molecule has 0 amide bonds. The molecule has 0 aliphatic heterocycles. The number of fused-ring (bicyclic) bond motifs is 6. The second-order valence-electron chi connectivity index (χ2n) is 14.5. The van der Waals surface area contributed by atoms with E-state index < -0.39 is 0 Å². The minimum atomic E-state index is -0.143. The molecule has 1 aromatic heterocycles. The summed E-state index contributed by atoms with van der Waals surface area (Å²) in [7, 11) is 0. The highest BCUT2D eigenvalue weighted by molar-refractivity contribution is 6.22. The fourth-order valence-corrected chi connectivity index (χ4v) is 8.37.